The van der Waals surface area contributed by atoms with E-state index < -0.39 is 10.0 Å². The molecule has 0 spiro atoms. The van der Waals surface area contributed by atoms with Gasteiger partial charge in [-0.1, -0.05) is 24.2 Å². The second kappa shape index (κ2) is 9.23. The molecule has 1 amide bonds. The van der Waals surface area contributed by atoms with Crippen molar-refractivity contribution >= 4 is 32.4 Å². The fourth-order valence-corrected chi connectivity index (χ4v) is 6.61. The number of rotatable bonds is 6. The summed E-state index contributed by atoms with van der Waals surface area (Å²) in [5.74, 6) is 0.370. The molecule has 1 aliphatic carbocycles. The molecule has 1 saturated carbocycles. The first kappa shape index (κ1) is 22.2. The number of sulfonamides is 1. The predicted molar refractivity (Wildman–Crippen MR) is 119 cm³/mol. The highest BCUT2D eigenvalue weighted by molar-refractivity contribution is 7.89. The summed E-state index contributed by atoms with van der Waals surface area (Å²) < 4.78 is 38.6. The molecule has 8 nitrogen and oxygen atoms in total. The van der Waals surface area contributed by atoms with Crippen molar-refractivity contribution in [1.29, 1.82) is 0 Å². The first-order valence-corrected chi connectivity index (χ1v) is 12.7. The average Bonchev–Trinajstić information content (AvgIpc) is 3.44. The number of nitrogens with one attached hydrogen (secondary N) is 1. The van der Waals surface area contributed by atoms with E-state index in [4.69, 9.17) is 9.47 Å². The number of methoxy groups -OCH3 is 1. The van der Waals surface area contributed by atoms with Crippen molar-refractivity contribution in [3.8, 4) is 16.2 Å². The molecule has 2 heterocycles. The van der Waals surface area contributed by atoms with Crippen LogP contribution in [-0.4, -0.2) is 57.0 Å². The van der Waals surface area contributed by atoms with E-state index in [1.54, 1.807) is 12.1 Å². The molecule has 1 aromatic carbocycles. The molecule has 2 aliphatic rings. The molecule has 168 valence electrons. The number of aryl methyl sites for hydroxylation is 1. The number of ether oxygens (including phenoxy) is 2. The van der Waals surface area contributed by atoms with E-state index in [1.807, 2.05) is 13.0 Å². The summed E-state index contributed by atoms with van der Waals surface area (Å²) in [6.45, 7) is 3.23. The number of hydrogen-bond donors (Lipinski definition) is 1. The Balaban J connectivity index is 1.63. The Morgan fingerprint density at radius 3 is 2.65 bits per heavy atom. The van der Waals surface area contributed by atoms with Crippen molar-refractivity contribution in [2.24, 2.45) is 5.92 Å². The Morgan fingerprint density at radius 1 is 1.26 bits per heavy atom. The molecular weight excluding hydrogens is 438 g/mol. The van der Waals surface area contributed by atoms with Crippen LogP contribution in [0.2, 0.25) is 0 Å². The third kappa shape index (κ3) is 4.62. The number of nitrogens with zero attached hydrogens (tertiary/aromatic N) is 2. The lowest BCUT2D eigenvalue weighted by molar-refractivity contribution is -0.119. The van der Waals surface area contributed by atoms with Gasteiger partial charge in [0.05, 0.1) is 30.9 Å². The molecule has 0 unspecified atom stereocenters. The van der Waals surface area contributed by atoms with E-state index in [-0.39, 0.29) is 16.7 Å². The third-order valence-electron chi connectivity index (χ3n) is 5.77. The molecule has 4 rings (SSSR count). The number of hydrogen-bond acceptors (Lipinski definition) is 7. The zero-order valence-electron chi connectivity index (χ0n) is 17.7. The van der Waals surface area contributed by atoms with Crippen molar-refractivity contribution in [1.82, 2.24) is 9.29 Å². The zero-order valence-corrected chi connectivity index (χ0v) is 19.4. The van der Waals surface area contributed by atoms with Crippen molar-refractivity contribution < 1.29 is 22.7 Å². The van der Waals surface area contributed by atoms with Gasteiger partial charge in [-0.15, -0.1) is 0 Å². The topological polar surface area (TPSA) is 97.8 Å². The Bertz CT molecular complexity index is 1050. The SMILES string of the molecule is COc1ccc(-c2sc(NC(=O)C3CCCC3)nc2C)cc1S(=O)(=O)N1CCOCC1. The zero-order chi connectivity index (χ0) is 22.0. The van der Waals surface area contributed by atoms with E-state index in [0.717, 1.165) is 41.8 Å². The van der Waals surface area contributed by atoms with Crippen molar-refractivity contribution in [3.63, 3.8) is 0 Å². The van der Waals surface area contributed by atoms with Crippen LogP contribution in [0.25, 0.3) is 10.4 Å². The number of thiazole rings is 1. The maximum atomic E-state index is 13.3. The summed E-state index contributed by atoms with van der Waals surface area (Å²) in [5.41, 5.74) is 1.47. The number of benzene rings is 1. The minimum Gasteiger partial charge on any atom is -0.495 e. The van der Waals surface area contributed by atoms with Gasteiger partial charge in [0.2, 0.25) is 15.9 Å². The summed E-state index contributed by atoms with van der Waals surface area (Å²) in [7, 11) is -2.27. The number of carbonyl (C=O) groups excluding carboxylic acids is 1. The molecule has 1 saturated heterocycles. The first-order valence-electron chi connectivity index (χ1n) is 10.4. The lowest BCUT2D eigenvalue weighted by Gasteiger charge is -2.26. The Hall–Kier alpha value is -2.01. The van der Waals surface area contributed by atoms with Crippen LogP contribution in [0.5, 0.6) is 5.75 Å². The monoisotopic (exact) mass is 465 g/mol. The maximum absolute atomic E-state index is 13.3. The van der Waals surface area contributed by atoms with Gasteiger partial charge < -0.3 is 14.8 Å². The van der Waals surface area contributed by atoms with Crippen LogP contribution in [0, 0.1) is 12.8 Å². The van der Waals surface area contributed by atoms with Gasteiger partial charge in [0, 0.05) is 19.0 Å². The molecule has 0 atom stereocenters. The smallest absolute Gasteiger partial charge is 0.246 e. The summed E-state index contributed by atoms with van der Waals surface area (Å²) in [6.07, 6.45) is 4.02. The van der Waals surface area contributed by atoms with Gasteiger partial charge in [-0.25, -0.2) is 13.4 Å². The molecular formula is C21H27N3O5S2. The highest BCUT2D eigenvalue weighted by atomic mass is 32.2. The fraction of sp³-hybridized carbons (Fsp3) is 0.524. The standard InChI is InChI=1S/C21H27N3O5S2/c1-14-19(30-21(22-14)23-20(25)15-5-3-4-6-15)16-7-8-17(28-2)18(13-16)31(26,27)24-9-11-29-12-10-24/h7-8,13,15H,3-6,9-12H2,1-2H3,(H,22,23,25). The van der Waals surface area contributed by atoms with Gasteiger partial charge in [0.1, 0.15) is 10.6 Å². The van der Waals surface area contributed by atoms with E-state index in [1.165, 1.54) is 22.8 Å². The van der Waals surface area contributed by atoms with Gasteiger partial charge in [-0.05, 0) is 43.5 Å². The molecule has 31 heavy (non-hydrogen) atoms. The molecule has 1 aromatic heterocycles. The second-order valence-corrected chi connectivity index (χ2v) is 10.7. The van der Waals surface area contributed by atoms with Gasteiger partial charge in [-0.3, -0.25) is 4.79 Å². The average molecular weight is 466 g/mol. The predicted octanol–water partition coefficient (Wildman–Crippen LogP) is 3.28. The number of morpholine rings is 1. The molecule has 10 heteroatoms. The molecule has 2 fully saturated rings. The van der Waals surface area contributed by atoms with Gasteiger partial charge in [-0.2, -0.15) is 4.31 Å². The quantitative estimate of drug-likeness (QED) is 0.703. The van der Waals surface area contributed by atoms with Crippen LogP contribution in [0.1, 0.15) is 31.4 Å². The van der Waals surface area contributed by atoms with E-state index in [0.29, 0.717) is 37.2 Å². The third-order valence-corrected chi connectivity index (χ3v) is 8.81. The molecule has 2 aromatic rings. The van der Waals surface area contributed by atoms with Crippen molar-refractivity contribution in [3.05, 3.63) is 23.9 Å². The highest BCUT2D eigenvalue weighted by Crippen LogP contribution is 2.38. The maximum Gasteiger partial charge on any atom is 0.246 e. The van der Waals surface area contributed by atoms with E-state index >= 15 is 0 Å². The number of anilines is 1. The Morgan fingerprint density at radius 2 is 1.97 bits per heavy atom. The van der Waals surface area contributed by atoms with Crippen LogP contribution in [0.4, 0.5) is 5.13 Å². The summed E-state index contributed by atoms with van der Waals surface area (Å²) in [6, 6.07) is 5.12. The van der Waals surface area contributed by atoms with Crippen molar-refractivity contribution in [2.45, 2.75) is 37.5 Å². The summed E-state index contributed by atoms with van der Waals surface area (Å²) in [5, 5.41) is 3.48. The van der Waals surface area contributed by atoms with Gasteiger partial charge in [0.25, 0.3) is 0 Å². The molecule has 1 N–H and O–H groups in total. The van der Waals surface area contributed by atoms with Crippen molar-refractivity contribution in [2.75, 3.05) is 38.7 Å². The minimum atomic E-state index is -3.73. The Kier molecular flexibility index (Phi) is 6.61. The molecule has 1 aliphatic heterocycles. The summed E-state index contributed by atoms with van der Waals surface area (Å²) in [4.78, 5) is 17.9. The van der Waals surface area contributed by atoms with E-state index in [9.17, 15) is 13.2 Å². The van der Waals surface area contributed by atoms with Crippen LogP contribution in [0.15, 0.2) is 23.1 Å². The second-order valence-electron chi connectivity index (χ2n) is 7.79. The van der Waals surface area contributed by atoms with Crippen LogP contribution >= 0.6 is 11.3 Å². The molecule has 0 bridgehead atoms. The Labute approximate surface area is 186 Å². The minimum absolute atomic E-state index is 0.0168. The number of aromatic nitrogens is 1. The number of amides is 1. The van der Waals surface area contributed by atoms with Gasteiger partial charge in [0.15, 0.2) is 5.13 Å². The van der Waals surface area contributed by atoms with Crippen LogP contribution in [0.3, 0.4) is 0 Å². The van der Waals surface area contributed by atoms with Gasteiger partial charge >= 0.3 is 0 Å². The first-order chi connectivity index (χ1) is 14.9. The lowest BCUT2D eigenvalue weighted by atomic mass is 10.1. The van der Waals surface area contributed by atoms with Crippen LogP contribution < -0.4 is 10.1 Å². The fourth-order valence-electron chi connectivity index (χ4n) is 4.06. The van der Waals surface area contributed by atoms with Crippen LogP contribution in [-0.2, 0) is 19.6 Å². The number of carbonyl (C=O) groups is 1. The lowest BCUT2D eigenvalue weighted by Crippen LogP contribution is -2.40. The van der Waals surface area contributed by atoms with E-state index in [2.05, 4.69) is 10.3 Å². The largest absolute Gasteiger partial charge is 0.495 e. The molecule has 0 radical (unpaired) electrons. The summed E-state index contributed by atoms with van der Waals surface area (Å²) >= 11 is 1.36. The normalized spacial score (nSPS) is 18.3. The highest BCUT2D eigenvalue weighted by Gasteiger charge is 2.30.